The highest BCUT2D eigenvalue weighted by atomic mass is 35.5. The average Bonchev–Trinajstić information content (AvgIpc) is 3.66. The van der Waals surface area contributed by atoms with E-state index in [1.54, 1.807) is 55.1 Å². The van der Waals surface area contributed by atoms with Gasteiger partial charge in [0.05, 0.1) is 42.7 Å². The molecule has 322 valence electrons. The quantitative estimate of drug-likeness (QED) is 0.144. The molecule has 3 rings (SSSR count). The van der Waals surface area contributed by atoms with Gasteiger partial charge in [0, 0.05) is 65.4 Å². The second-order valence-electron chi connectivity index (χ2n) is 16.5. The molecule has 4 N–H and O–H groups in total. The van der Waals surface area contributed by atoms with Crippen LogP contribution in [0.3, 0.4) is 0 Å². The van der Waals surface area contributed by atoms with E-state index in [2.05, 4.69) is 20.9 Å². The Morgan fingerprint density at radius 1 is 0.947 bits per heavy atom. The number of amides is 4. The number of ether oxygens (including phenoxy) is 2. The molecule has 2 aliphatic heterocycles. The fraction of sp³-hybridized carbons (Fsp3) is 0.738. The van der Waals surface area contributed by atoms with Crippen LogP contribution in [-0.4, -0.2) is 146 Å². The number of likely N-dealkylation sites (tertiary alicyclic amines) is 1. The standard InChI is InChI=1S/C42H69ClN6O8/c1-11-27(6)37(47(8)41(53)35(25(2)3)46-40(52)36(26(4)5)48-21-18-44-19-22-48)33(56-9)24-34(50)49-20-14-17-32(49)38(57-10)28(7)39(51)45-31(42(54)55)23-29-15-12-13-16-30(29)43/h12-13,15-16,25-28,31-33,35-38,44H,11,14,17-24H2,1-10H3,(H,45,51)(H,46,52)(H,54,55)/t27-,28+,31-,32-,33?,35-,36-,37-,38+/m0/s1. The van der Waals surface area contributed by atoms with Gasteiger partial charge < -0.3 is 40.3 Å². The van der Waals surface area contributed by atoms with Crippen LogP contribution in [0, 0.1) is 23.7 Å². The van der Waals surface area contributed by atoms with E-state index in [9.17, 15) is 29.1 Å². The number of carboxylic acid groups (broad SMARTS) is 1. The van der Waals surface area contributed by atoms with Crippen LogP contribution in [0.1, 0.15) is 79.7 Å². The molecule has 0 spiro atoms. The summed E-state index contributed by atoms with van der Waals surface area (Å²) in [5.41, 5.74) is 0.598. The molecule has 2 aliphatic rings. The second kappa shape index (κ2) is 22.7. The Bertz CT molecular complexity index is 1490. The smallest absolute Gasteiger partial charge is 0.326 e. The topological polar surface area (TPSA) is 170 Å². The van der Waals surface area contributed by atoms with E-state index in [1.165, 1.54) is 7.11 Å². The van der Waals surface area contributed by atoms with Gasteiger partial charge in [-0.1, -0.05) is 84.7 Å². The Kier molecular flexibility index (Phi) is 19.2. The van der Waals surface area contributed by atoms with E-state index >= 15 is 0 Å². The molecule has 2 saturated heterocycles. The SMILES string of the molecule is CC[C@H](C)[C@@H](C(CC(=O)N1CCC[C@H]1[C@H](OC)[C@@H](C)C(=O)N[C@@H](Cc1ccccc1Cl)C(=O)O)OC)N(C)C(=O)[C@@H](NC(=O)[C@H](C(C)C)N1CCNCC1)C(C)C. The van der Waals surface area contributed by atoms with Gasteiger partial charge >= 0.3 is 5.97 Å². The van der Waals surface area contributed by atoms with Crippen molar-refractivity contribution in [3.8, 4) is 0 Å². The van der Waals surface area contributed by atoms with E-state index in [1.807, 2.05) is 41.5 Å². The summed E-state index contributed by atoms with van der Waals surface area (Å²) in [5.74, 6) is -3.29. The Labute approximate surface area is 345 Å². The van der Waals surface area contributed by atoms with E-state index in [0.717, 1.165) is 26.2 Å². The van der Waals surface area contributed by atoms with Crippen LogP contribution in [0.2, 0.25) is 5.02 Å². The van der Waals surface area contributed by atoms with Crippen molar-refractivity contribution in [2.45, 2.75) is 123 Å². The number of carboxylic acids is 1. The zero-order valence-electron chi connectivity index (χ0n) is 35.8. The fourth-order valence-corrected chi connectivity index (χ4v) is 8.73. The highest BCUT2D eigenvalue weighted by molar-refractivity contribution is 6.31. The van der Waals surface area contributed by atoms with Gasteiger partial charge in [-0.3, -0.25) is 24.1 Å². The molecule has 1 aromatic rings. The molecule has 2 fully saturated rings. The molecule has 4 amide bonds. The third-order valence-corrected chi connectivity index (χ3v) is 12.3. The Balaban J connectivity index is 1.78. The predicted octanol–water partition coefficient (Wildman–Crippen LogP) is 3.44. The number of nitrogens with zero attached hydrogens (tertiary/aromatic N) is 3. The molecule has 0 radical (unpaired) electrons. The van der Waals surface area contributed by atoms with Crippen molar-refractivity contribution >= 4 is 41.2 Å². The highest BCUT2D eigenvalue weighted by Gasteiger charge is 2.43. The summed E-state index contributed by atoms with van der Waals surface area (Å²) in [5, 5.41) is 19.5. The summed E-state index contributed by atoms with van der Waals surface area (Å²) in [7, 11) is 4.76. The first-order chi connectivity index (χ1) is 27.0. The number of methoxy groups -OCH3 is 2. The molecule has 1 unspecified atom stereocenters. The zero-order chi connectivity index (χ0) is 42.6. The van der Waals surface area contributed by atoms with Crippen molar-refractivity contribution in [1.29, 1.82) is 0 Å². The summed E-state index contributed by atoms with van der Waals surface area (Å²) in [6.45, 7) is 17.2. The molecule has 0 saturated carbocycles. The molecular formula is C42H69ClN6O8. The molecule has 0 aliphatic carbocycles. The van der Waals surface area contributed by atoms with Crippen LogP contribution >= 0.6 is 11.6 Å². The first-order valence-electron chi connectivity index (χ1n) is 20.6. The van der Waals surface area contributed by atoms with E-state index in [-0.39, 0.29) is 54.4 Å². The number of hydrogen-bond acceptors (Lipinski definition) is 9. The van der Waals surface area contributed by atoms with Crippen molar-refractivity contribution in [1.82, 2.24) is 30.7 Å². The lowest BCUT2D eigenvalue weighted by Crippen LogP contribution is -2.61. The molecule has 0 aromatic heterocycles. The maximum absolute atomic E-state index is 14.4. The van der Waals surface area contributed by atoms with Crippen molar-refractivity contribution < 1.29 is 38.6 Å². The van der Waals surface area contributed by atoms with Crippen molar-refractivity contribution in [2.24, 2.45) is 23.7 Å². The molecule has 14 nitrogen and oxygen atoms in total. The maximum Gasteiger partial charge on any atom is 0.326 e. The van der Waals surface area contributed by atoms with Gasteiger partial charge in [-0.2, -0.15) is 0 Å². The molecule has 1 aromatic carbocycles. The summed E-state index contributed by atoms with van der Waals surface area (Å²) >= 11 is 6.28. The number of likely N-dealkylation sites (N-methyl/N-ethyl adjacent to an activating group) is 1. The Hall–Kier alpha value is -3.30. The number of halogens is 1. The van der Waals surface area contributed by atoms with E-state index < -0.39 is 54.2 Å². The monoisotopic (exact) mass is 820 g/mol. The number of hydrogen-bond donors (Lipinski definition) is 4. The zero-order valence-corrected chi connectivity index (χ0v) is 36.5. The van der Waals surface area contributed by atoms with Crippen LogP contribution in [0.4, 0.5) is 0 Å². The second-order valence-corrected chi connectivity index (χ2v) is 16.9. The molecule has 9 atom stereocenters. The number of carbonyl (C=O) groups is 5. The number of rotatable bonds is 21. The number of carbonyl (C=O) groups excluding carboxylic acids is 4. The largest absolute Gasteiger partial charge is 0.480 e. The van der Waals surface area contributed by atoms with Gasteiger partial charge in [-0.05, 0) is 42.2 Å². The molecule has 15 heteroatoms. The summed E-state index contributed by atoms with van der Waals surface area (Å²) in [6, 6.07) is 3.59. The van der Waals surface area contributed by atoms with Crippen molar-refractivity contribution in [2.75, 3.05) is 54.0 Å². The lowest BCUT2D eigenvalue weighted by atomic mass is 9.89. The van der Waals surface area contributed by atoms with Crippen molar-refractivity contribution in [3.05, 3.63) is 34.9 Å². The number of benzene rings is 1. The van der Waals surface area contributed by atoms with Crippen molar-refractivity contribution in [3.63, 3.8) is 0 Å². The normalized spacial score (nSPS) is 20.6. The van der Waals surface area contributed by atoms with Crippen LogP contribution < -0.4 is 16.0 Å². The minimum atomic E-state index is -1.22. The number of nitrogens with one attached hydrogen (secondary N) is 3. The van der Waals surface area contributed by atoms with E-state index in [0.29, 0.717) is 36.4 Å². The maximum atomic E-state index is 14.4. The van der Waals surface area contributed by atoms with Gasteiger partial charge in [-0.25, -0.2) is 4.79 Å². The van der Waals surface area contributed by atoms with Gasteiger partial charge in [0.15, 0.2) is 0 Å². The van der Waals surface area contributed by atoms with Crippen LogP contribution in [0.15, 0.2) is 24.3 Å². The lowest BCUT2D eigenvalue weighted by Gasteiger charge is -2.41. The van der Waals surface area contributed by atoms with Crippen LogP contribution in [-0.2, 0) is 39.9 Å². The Morgan fingerprint density at radius 2 is 1.60 bits per heavy atom. The fourth-order valence-electron chi connectivity index (χ4n) is 8.52. The predicted molar refractivity (Wildman–Crippen MR) is 221 cm³/mol. The summed E-state index contributed by atoms with van der Waals surface area (Å²) in [6.07, 6.45) is 0.603. The number of aliphatic carboxylic acids is 1. The summed E-state index contributed by atoms with van der Waals surface area (Å²) in [4.78, 5) is 73.8. The van der Waals surface area contributed by atoms with Crippen LogP contribution in [0.5, 0.6) is 0 Å². The molecule has 0 bridgehead atoms. The number of piperazine rings is 1. The third-order valence-electron chi connectivity index (χ3n) is 11.9. The first kappa shape index (κ1) is 48.1. The first-order valence-corrected chi connectivity index (χ1v) is 21.0. The lowest BCUT2D eigenvalue weighted by molar-refractivity contribution is -0.148. The van der Waals surface area contributed by atoms with Gasteiger partial charge in [0.1, 0.15) is 12.1 Å². The minimum Gasteiger partial charge on any atom is -0.480 e. The van der Waals surface area contributed by atoms with E-state index in [4.69, 9.17) is 21.1 Å². The summed E-state index contributed by atoms with van der Waals surface area (Å²) < 4.78 is 11.9. The molecule has 57 heavy (non-hydrogen) atoms. The Morgan fingerprint density at radius 3 is 2.14 bits per heavy atom. The minimum absolute atomic E-state index is 0.00509. The third kappa shape index (κ3) is 12.6. The van der Waals surface area contributed by atoms with Gasteiger partial charge in [0.25, 0.3) is 0 Å². The average molecular weight is 822 g/mol. The van der Waals surface area contributed by atoms with Gasteiger partial charge in [-0.15, -0.1) is 0 Å². The molecule has 2 heterocycles. The van der Waals surface area contributed by atoms with Crippen LogP contribution in [0.25, 0.3) is 0 Å². The van der Waals surface area contributed by atoms with Gasteiger partial charge in [0.2, 0.25) is 23.6 Å². The highest BCUT2D eigenvalue weighted by Crippen LogP contribution is 2.30. The molecular weight excluding hydrogens is 752 g/mol.